The first kappa shape index (κ1) is 11.9. The van der Waals surface area contributed by atoms with Crippen LogP contribution in [-0.2, 0) is 9.47 Å². The molecule has 0 unspecified atom stereocenters. The van der Waals surface area contributed by atoms with Crippen molar-refractivity contribution in [2.24, 2.45) is 5.92 Å². The van der Waals surface area contributed by atoms with Gasteiger partial charge in [0.1, 0.15) is 0 Å². The minimum Gasteiger partial charge on any atom is -0.347 e. The fourth-order valence-electron chi connectivity index (χ4n) is 3.80. The summed E-state index contributed by atoms with van der Waals surface area (Å²) < 4.78 is 11.7. The quantitative estimate of drug-likeness (QED) is 0.738. The second-order valence-corrected chi connectivity index (χ2v) is 5.99. The first-order valence-corrected chi connectivity index (χ1v) is 7.30. The molecule has 1 atom stereocenters. The summed E-state index contributed by atoms with van der Waals surface area (Å²) in [5.41, 5.74) is 0. The smallest absolute Gasteiger partial charge is 0.169 e. The molecule has 17 heavy (non-hydrogen) atoms. The Labute approximate surface area is 104 Å². The minimum atomic E-state index is -0.294. The maximum Gasteiger partial charge on any atom is 0.169 e. The van der Waals surface area contributed by atoms with E-state index < -0.39 is 0 Å². The standard InChI is InChI=1S/C14H25NO2/c1-14(16-9-10-17-14)12-5-4-8-15(11-12)13-6-2-3-7-13/h12-13H,2-11H2,1H3/t12-/m1/s1. The van der Waals surface area contributed by atoms with Gasteiger partial charge in [-0.3, -0.25) is 4.90 Å². The number of rotatable bonds is 2. The van der Waals surface area contributed by atoms with Gasteiger partial charge in [-0.2, -0.15) is 0 Å². The zero-order chi connectivity index (χ0) is 11.7. The van der Waals surface area contributed by atoms with E-state index in [1.807, 2.05) is 0 Å². The Morgan fingerprint density at radius 2 is 1.71 bits per heavy atom. The maximum absolute atomic E-state index is 5.84. The molecule has 1 saturated carbocycles. The van der Waals surface area contributed by atoms with Crippen molar-refractivity contribution in [2.45, 2.75) is 57.3 Å². The highest BCUT2D eigenvalue weighted by atomic mass is 16.7. The van der Waals surface area contributed by atoms with Gasteiger partial charge in [-0.05, 0) is 39.2 Å². The van der Waals surface area contributed by atoms with Crippen LogP contribution in [0.1, 0.15) is 45.4 Å². The highest BCUT2D eigenvalue weighted by Crippen LogP contribution is 2.36. The third kappa shape index (κ3) is 2.38. The highest BCUT2D eigenvalue weighted by molar-refractivity contribution is 4.88. The van der Waals surface area contributed by atoms with Crippen LogP contribution < -0.4 is 0 Å². The molecule has 3 rings (SSSR count). The molecule has 0 aromatic heterocycles. The topological polar surface area (TPSA) is 21.7 Å². The molecule has 0 aromatic rings. The van der Waals surface area contributed by atoms with Crippen LogP contribution in [0, 0.1) is 5.92 Å². The molecular weight excluding hydrogens is 214 g/mol. The van der Waals surface area contributed by atoms with E-state index in [0.717, 1.165) is 19.3 Å². The molecule has 0 aromatic carbocycles. The van der Waals surface area contributed by atoms with E-state index in [1.165, 1.54) is 51.6 Å². The molecule has 3 fully saturated rings. The Bertz CT molecular complexity index is 257. The zero-order valence-electron chi connectivity index (χ0n) is 11.0. The van der Waals surface area contributed by atoms with Crippen molar-refractivity contribution in [3.05, 3.63) is 0 Å². The van der Waals surface area contributed by atoms with Crippen LogP contribution >= 0.6 is 0 Å². The molecule has 0 N–H and O–H groups in total. The second kappa shape index (κ2) is 4.87. The molecule has 98 valence electrons. The van der Waals surface area contributed by atoms with E-state index in [-0.39, 0.29) is 5.79 Å². The fraction of sp³-hybridized carbons (Fsp3) is 1.00. The summed E-state index contributed by atoms with van der Waals surface area (Å²) in [4.78, 5) is 2.71. The summed E-state index contributed by atoms with van der Waals surface area (Å²) in [6, 6.07) is 0.850. The average molecular weight is 239 g/mol. The van der Waals surface area contributed by atoms with Crippen molar-refractivity contribution in [1.29, 1.82) is 0 Å². The summed E-state index contributed by atoms with van der Waals surface area (Å²) in [5, 5.41) is 0. The molecule has 0 amide bonds. The van der Waals surface area contributed by atoms with Crippen molar-refractivity contribution < 1.29 is 9.47 Å². The lowest BCUT2D eigenvalue weighted by Gasteiger charge is -2.42. The normalized spacial score (nSPS) is 35.5. The third-order valence-corrected chi connectivity index (χ3v) is 4.90. The largest absolute Gasteiger partial charge is 0.347 e. The van der Waals surface area contributed by atoms with Gasteiger partial charge < -0.3 is 9.47 Å². The van der Waals surface area contributed by atoms with Crippen LogP contribution in [0.15, 0.2) is 0 Å². The Morgan fingerprint density at radius 3 is 2.41 bits per heavy atom. The van der Waals surface area contributed by atoms with Gasteiger partial charge in [-0.1, -0.05) is 12.8 Å². The molecule has 2 saturated heterocycles. The Balaban J connectivity index is 1.62. The molecule has 3 nitrogen and oxygen atoms in total. The Morgan fingerprint density at radius 1 is 1.00 bits per heavy atom. The van der Waals surface area contributed by atoms with Gasteiger partial charge in [-0.15, -0.1) is 0 Å². The van der Waals surface area contributed by atoms with Crippen LogP contribution in [0.3, 0.4) is 0 Å². The van der Waals surface area contributed by atoms with E-state index in [1.54, 1.807) is 0 Å². The molecule has 2 heterocycles. The number of hydrogen-bond donors (Lipinski definition) is 0. The maximum atomic E-state index is 5.84. The summed E-state index contributed by atoms with van der Waals surface area (Å²) in [7, 11) is 0. The molecule has 1 aliphatic carbocycles. The molecule has 0 spiro atoms. The SMILES string of the molecule is CC1([C@@H]2CCCN(C3CCCC3)C2)OCCO1. The number of hydrogen-bond acceptors (Lipinski definition) is 3. The first-order chi connectivity index (χ1) is 8.28. The number of ether oxygens (including phenoxy) is 2. The van der Waals surface area contributed by atoms with Crippen molar-refractivity contribution in [3.8, 4) is 0 Å². The monoisotopic (exact) mass is 239 g/mol. The van der Waals surface area contributed by atoms with E-state index in [9.17, 15) is 0 Å². The van der Waals surface area contributed by atoms with E-state index in [2.05, 4.69) is 11.8 Å². The molecule has 2 aliphatic heterocycles. The molecule has 0 bridgehead atoms. The van der Waals surface area contributed by atoms with Crippen molar-refractivity contribution >= 4 is 0 Å². The van der Waals surface area contributed by atoms with Crippen molar-refractivity contribution in [2.75, 3.05) is 26.3 Å². The number of piperidine rings is 1. The van der Waals surface area contributed by atoms with Gasteiger partial charge in [0, 0.05) is 18.5 Å². The predicted octanol–water partition coefficient (Wildman–Crippen LogP) is 2.40. The van der Waals surface area contributed by atoms with Gasteiger partial charge in [0.15, 0.2) is 5.79 Å². The minimum absolute atomic E-state index is 0.294. The lowest BCUT2D eigenvalue weighted by atomic mass is 9.89. The molecule has 3 heteroatoms. The van der Waals surface area contributed by atoms with E-state index in [4.69, 9.17) is 9.47 Å². The summed E-state index contributed by atoms with van der Waals surface area (Å²) in [5.74, 6) is 0.274. The van der Waals surface area contributed by atoms with Crippen LogP contribution in [0.2, 0.25) is 0 Å². The summed E-state index contributed by atoms with van der Waals surface area (Å²) in [6.07, 6.45) is 8.24. The van der Waals surface area contributed by atoms with Crippen molar-refractivity contribution in [1.82, 2.24) is 4.90 Å². The van der Waals surface area contributed by atoms with Crippen LogP contribution in [0.5, 0.6) is 0 Å². The van der Waals surface area contributed by atoms with Crippen LogP contribution in [0.4, 0.5) is 0 Å². The fourth-order valence-corrected chi connectivity index (χ4v) is 3.80. The zero-order valence-corrected chi connectivity index (χ0v) is 11.0. The molecular formula is C14H25NO2. The van der Waals surface area contributed by atoms with Gasteiger partial charge in [0.05, 0.1) is 13.2 Å². The van der Waals surface area contributed by atoms with E-state index in [0.29, 0.717) is 5.92 Å². The Kier molecular flexibility index (Phi) is 3.42. The van der Waals surface area contributed by atoms with Gasteiger partial charge in [-0.25, -0.2) is 0 Å². The number of likely N-dealkylation sites (tertiary alicyclic amines) is 1. The molecule has 0 radical (unpaired) electrons. The highest BCUT2D eigenvalue weighted by Gasteiger charge is 2.42. The first-order valence-electron chi connectivity index (χ1n) is 7.30. The van der Waals surface area contributed by atoms with Crippen LogP contribution in [0.25, 0.3) is 0 Å². The van der Waals surface area contributed by atoms with Crippen LogP contribution in [-0.4, -0.2) is 43.0 Å². The molecule has 3 aliphatic rings. The Hall–Kier alpha value is -0.120. The summed E-state index contributed by atoms with van der Waals surface area (Å²) in [6.45, 7) is 6.16. The van der Waals surface area contributed by atoms with Gasteiger partial charge in [0.25, 0.3) is 0 Å². The van der Waals surface area contributed by atoms with E-state index >= 15 is 0 Å². The summed E-state index contributed by atoms with van der Waals surface area (Å²) >= 11 is 0. The lowest BCUT2D eigenvalue weighted by molar-refractivity contribution is -0.193. The van der Waals surface area contributed by atoms with Crippen molar-refractivity contribution in [3.63, 3.8) is 0 Å². The van der Waals surface area contributed by atoms with Gasteiger partial charge >= 0.3 is 0 Å². The lowest BCUT2D eigenvalue weighted by Crippen LogP contribution is -2.49. The number of nitrogens with zero attached hydrogens (tertiary/aromatic N) is 1. The third-order valence-electron chi connectivity index (χ3n) is 4.90. The average Bonchev–Trinajstić information content (AvgIpc) is 3.01. The van der Waals surface area contributed by atoms with Gasteiger partial charge in [0.2, 0.25) is 0 Å². The second-order valence-electron chi connectivity index (χ2n) is 5.99. The predicted molar refractivity (Wildman–Crippen MR) is 66.9 cm³/mol.